The van der Waals surface area contributed by atoms with Crippen LogP contribution in [-0.4, -0.2) is 34.4 Å². The summed E-state index contributed by atoms with van der Waals surface area (Å²) in [5.74, 6) is -2.00. The molecule has 1 N–H and O–H groups in total. The predicted molar refractivity (Wildman–Crippen MR) is 115 cm³/mol. The highest BCUT2D eigenvalue weighted by molar-refractivity contribution is 7.17. The Morgan fingerprint density at radius 1 is 1.29 bits per heavy atom. The molecule has 3 aromatic heterocycles. The second-order valence-electron chi connectivity index (χ2n) is 6.73. The van der Waals surface area contributed by atoms with Gasteiger partial charge < -0.3 is 14.3 Å². The van der Waals surface area contributed by atoms with E-state index in [2.05, 4.69) is 4.98 Å². The molecule has 31 heavy (non-hydrogen) atoms. The molecule has 10 heteroatoms. The third-order valence-corrected chi connectivity index (χ3v) is 6.74. The summed E-state index contributed by atoms with van der Waals surface area (Å²) >= 11 is 2.31. The van der Waals surface area contributed by atoms with Crippen molar-refractivity contribution in [2.24, 2.45) is 0 Å². The van der Waals surface area contributed by atoms with Crippen LogP contribution in [0.4, 0.5) is 5.13 Å². The molecule has 0 aromatic carbocycles. The molecule has 3 aromatic rings. The van der Waals surface area contributed by atoms with Crippen molar-refractivity contribution in [1.29, 1.82) is 0 Å². The number of esters is 1. The molecule has 1 aliphatic rings. The van der Waals surface area contributed by atoms with E-state index in [1.165, 1.54) is 22.3 Å². The van der Waals surface area contributed by atoms with Crippen molar-refractivity contribution in [3.63, 3.8) is 0 Å². The van der Waals surface area contributed by atoms with E-state index in [1.54, 1.807) is 39.0 Å². The Morgan fingerprint density at radius 2 is 2.06 bits per heavy atom. The van der Waals surface area contributed by atoms with E-state index in [-0.39, 0.29) is 27.9 Å². The SMILES string of the molecule is CCOC(=O)c1sc(N2C(=O)C(O)=C(C(=O)c3ccc(C)o3)[C@H]2c2cccs2)nc1C. The lowest BCUT2D eigenvalue weighted by Crippen LogP contribution is -2.30. The highest BCUT2D eigenvalue weighted by Crippen LogP contribution is 2.45. The second-order valence-corrected chi connectivity index (χ2v) is 8.68. The molecule has 0 bridgehead atoms. The fourth-order valence-corrected chi connectivity index (χ4v) is 5.12. The zero-order valence-electron chi connectivity index (χ0n) is 16.9. The first kappa shape index (κ1) is 21.0. The minimum Gasteiger partial charge on any atom is -0.503 e. The Labute approximate surface area is 185 Å². The standard InChI is InChI=1S/C21H18N2O6S2/c1-4-28-20(27)18-11(3)22-21(31-18)23-15(13-6-5-9-30-13)14(17(25)19(23)26)16(24)12-8-7-10(2)29-12/h5-9,15,25H,4H2,1-3H3/t15-/m1/s1. The number of aromatic nitrogens is 1. The van der Waals surface area contributed by atoms with Crippen LogP contribution in [-0.2, 0) is 9.53 Å². The number of Topliss-reactive ketones (excluding diaryl/α,β-unsaturated/α-hetero) is 1. The van der Waals surface area contributed by atoms with Crippen molar-refractivity contribution in [3.05, 3.63) is 67.9 Å². The molecular weight excluding hydrogens is 440 g/mol. The highest BCUT2D eigenvalue weighted by atomic mass is 32.1. The van der Waals surface area contributed by atoms with Gasteiger partial charge in [-0.2, -0.15) is 0 Å². The van der Waals surface area contributed by atoms with Gasteiger partial charge in [0.15, 0.2) is 16.7 Å². The zero-order valence-corrected chi connectivity index (χ0v) is 18.5. The van der Waals surface area contributed by atoms with E-state index in [1.807, 2.05) is 5.38 Å². The topological polar surface area (TPSA) is 110 Å². The van der Waals surface area contributed by atoms with Gasteiger partial charge in [0.05, 0.1) is 17.9 Å². The van der Waals surface area contributed by atoms with Crippen molar-refractivity contribution in [2.75, 3.05) is 11.5 Å². The van der Waals surface area contributed by atoms with E-state index in [0.717, 1.165) is 11.3 Å². The number of thiophene rings is 1. The molecule has 1 amide bonds. The van der Waals surface area contributed by atoms with Crippen LogP contribution in [0.3, 0.4) is 0 Å². The number of amides is 1. The maximum absolute atomic E-state index is 13.2. The molecule has 0 spiro atoms. The van der Waals surface area contributed by atoms with Crippen LogP contribution in [0.25, 0.3) is 0 Å². The van der Waals surface area contributed by atoms with Crippen molar-refractivity contribution >= 4 is 45.5 Å². The third kappa shape index (κ3) is 3.57. The molecule has 0 radical (unpaired) electrons. The molecule has 4 heterocycles. The number of rotatable bonds is 6. The number of nitrogens with zero attached hydrogens (tertiary/aromatic N) is 2. The first-order valence-corrected chi connectivity index (χ1v) is 11.1. The number of hydrogen-bond donors (Lipinski definition) is 1. The number of carbonyl (C=O) groups excluding carboxylic acids is 3. The Bertz CT molecular complexity index is 1200. The number of aliphatic hydroxyl groups excluding tert-OH is 1. The van der Waals surface area contributed by atoms with E-state index < -0.39 is 29.5 Å². The Hall–Kier alpha value is -3.24. The Kier molecular flexibility index (Phi) is 5.50. The zero-order chi connectivity index (χ0) is 22.3. The van der Waals surface area contributed by atoms with Crippen LogP contribution < -0.4 is 4.90 Å². The molecule has 8 nitrogen and oxygen atoms in total. The Balaban J connectivity index is 1.81. The first-order valence-electron chi connectivity index (χ1n) is 9.39. The number of aryl methyl sites for hydroxylation is 2. The number of thiazole rings is 1. The van der Waals surface area contributed by atoms with Crippen LogP contribution in [0.15, 0.2) is 45.4 Å². The summed E-state index contributed by atoms with van der Waals surface area (Å²) in [6, 6.07) is 5.79. The molecule has 0 aliphatic carbocycles. The van der Waals surface area contributed by atoms with E-state index in [4.69, 9.17) is 9.15 Å². The van der Waals surface area contributed by atoms with Crippen LogP contribution in [0, 0.1) is 13.8 Å². The maximum Gasteiger partial charge on any atom is 0.350 e. The Morgan fingerprint density at radius 3 is 2.68 bits per heavy atom. The van der Waals surface area contributed by atoms with Gasteiger partial charge in [-0.15, -0.1) is 11.3 Å². The van der Waals surface area contributed by atoms with E-state index in [9.17, 15) is 19.5 Å². The lowest BCUT2D eigenvalue weighted by Gasteiger charge is -2.22. The van der Waals surface area contributed by atoms with Crippen LogP contribution >= 0.6 is 22.7 Å². The van der Waals surface area contributed by atoms with E-state index in [0.29, 0.717) is 16.3 Å². The van der Waals surface area contributed by atoms with Gasteiger partial charge in [0.1, 0.15) is 16.7 Å². The van der Waals surface area contributed by atoms with Crippen LogP contribution in [0.1, 0.15) is 49.5 Å². The van der Waals surface area contributed by atoms with Gasteiger partial charge in [0.2, 0.25) is 5.78 Å². The largest absolute Gasteiger partial charge is 0.503 e. The molecular formula is C21H18N2O6S2. The summed E-state index contributed by atoms with van der Waals surface area (Å²) in [6.45, 7) is 5.23. The average molecular weight is 459 g/mol. The number of aliphatic hydroxyl groups is 1. The lowest BCUT2D eigenvalue weighted by molar-refractivity contribution is -0.117. The summed E-state index contributed by atoms with van der Waals surface area (Å²) in [6.07, 6.45) is 0. The smallest absolute Gasteiger partial charge is 0.350 e. The summed E-state index contributed by atoms with van der Waals surface area (Å²) in [5, 5.41) is 12.7. The molecule has 0 unspecified atom stereocenters. The number of hydrogen-bond acceptors (Lipinski definition) is 9. The quantitative estimate of drug-likeness (QED) is 0.431. The third-order valence-electron chi connectivity index (χ3n) is 4.68. The average Bonchev–Trinajstić information content (AvgIpc) is 3.50. The highest BCUT2D eigenvalue weighted by Gasteiger charge is 2.47. The van der Waals surface area contributed by atoms with Crippen molar-refractivity contribution in [2.45, 2.75) is 26.8 Å². The summed E-state index contributed by atoms with van der Waals surface area (Å²) in [4.78, 5) is 45.0. The molecule has 1 atom stereocenters. The lowest BCUT2D eigenvalue weighted by atomic mass is 10.0. The molecule has 0 saturated heterocycles. The van der Waals surface area contributed by atoms with Gasteiger partial charge >= 0.3 is 5.97 Å². The normalized spacial score (nSPS) is 16.3. The maximum atomic E-state index is 13.2. The number of ketones is 1. The van der Waals surface area contributed by atoms with Crippen LogP contribution in [0.2, 0.25) is 0 Å². The van der Waals surface area contributed by atoms with Gasteiger partial charge in [-0.25, -0.2) is 9.78 Å². The number of anilines is 1. The number of ether oxygens (including phenoxy) is 1. The first-order chi connectivity index (χ1) is 14.8. The second kappa shape index (κ2) is 8.12. The summed E-state index contributed by atoms with van der Waals surface area (Å²) in [7, 11) is 0. The van der Waals surface area contributed by atoms with Crippen LogP contribution in [0.5, 0.6) is 0 Å². The van der Waals surface area contributed by atoms with Crippen molar-refractivity contribution in [3.8, 4) is 0 Å². The monoisotopic (exact) mass is 458 g/mol. The van der Waals surface area contributed by atoms with E-state index >= 15 is 0 Å². The fraction of sp³-hybridized carbons (Fsp3) is 0.238. The molecule has 4 rings (SSSR count). The van der Waals surface area contributed by atoms with Gasteiger partial charge in [0.25, 0.3) is 5.91 Å². The molecule has 1 aliphatic heterocycles. The summed E-state index contributed by atoms with van der Waals surface area (Å²) < 4.78 is 10.5. The fourth-order valence-electron chi connectivity index (χ4n) is 3.31. The van der Waals surface area contributed by atoms with Gasteiger partial charge in [0, 0.05) is 4.88 Å². The van der Waals surface area contributed by atoms with Gasteiger partial charge in [-0.3, -0.25) is 14.5 Å². The molecule has 0 saturated carbocycles. The molecule has 0 fully saturated rings. The van der Waals surface area contributed by atoms with Crippen molar-refractivity contribution in [1.82, 2.24) is 4.98 Å². The molecule has 160 valence electrons. The van der Waals surface area contributed by atoms with Gasteiger partial charge in [-0.05, 0) is 44.4 Å². The minimum absolute atomic E-state index is 0.0257. The number of furan rings is 1. The summed E-state index contributed by atoms with van der Waals surface area (Å²) in [5.41, 5.74) is 0.310. The minimum atomic E-state index is -0.897. The van der Waals surface area contributed by atoms with Crippen molar-refractivity contribution < 1.29 is 28.6 Å². The van der Waals surface area contributed by atoms with Gasteiger partial charge in [-0.1, -0.05) is 17.4 Å². The number of carbonyl (C=O) groups is 3. The predicted octanol–water partition coefficient (Wildman–Crippen LogP) is 4.37.